The molecule has 0 radical (unpaired) electrons. The molecule has 0 saturated carbocycles. The summed E-state index contributed by atoms with van der Waals surface area (Å²) in [6.07, 6.45) is -0.0545. The predicted molar refractivity (Wildman–Crippen MR) is 102 cm³/mol. The molecule has 25 heavy (non-hydrogen) atoms. The van der Waals surface area contributed by atoms with Crippen LogP contribution in [0.1, 0.15) is 12.8 Å². The van der Waals surface area contributed by atoms with Crippen molar-refractivity contribution in [3.8, 4) is 0 Å². The van der Waals surface area contributed by atoms with Crippen LogP contribution in [0.5, 0.6) is 0 Å². The van der Waals surface area contributed by atoms with Crippen molar-refractivity contribution in [3.05, 3.63) is 57.0 Å². The maximum absolute atomic E-state index is 13.1. The molecule has 2 aromatic rings. The molecule has 0 saturated heterocycles. The fourth-order valence-corrected chi connectivity index (χ4v) is 4.69. The van der Waals surface area contributed by atoms with Crippen LogP contribution in [0.4, 0.5) is 5.69 Å². The third-order valence-corrected chi connectivity index (χ3v) is 6.29. The standard InChI is InChI=1S/C16H14BrCl2NO4S/c17-11-6-8-12(9-7-11)25(23,24)20(10-2-5-15(21)22)16-13(18)3-1-4-14(16)19/h1,3-4,6-9H,2,5,10H2,(H,21,22). The number of halogens is 3. The Morgan fingerprint density at radius 3 is 2.16 bits per heavy atom. The number of nitrogens with zero attached hydrogens (tertiary/aromatic N) is 1. The highest BCUT2D eigenvalue weighted by Crippen LogP contribution is 2.37. The predicted octanol–water partition coefficient (Wildman–Crippen LogP) is 4.82. The SMILES string of the molecule is O=C(O)CCCN(c1c(Cl)cccc1Cl)S(=O)(=O)c1ccc(Br)cc1. The van der Waals surface area contributed by atoms with Crippen LogP contribution in [0.3, 0.4) is 0 Å². The minimum absolute atomic E-state index is 0.0574. The molecule has 0 aromatic heterocycles. The second kappa shape index (κ2) is 8.40. The third-order valence-electron chi connectivity index (χ3n) is 3.34. The molecule has 0 aliphatic rings. The lowest BCUT2D eigenvalue weighted by atomic mass is 10.3. The zero-order chi connectivity index (χ0) is 18.6. The van der Waals surface area contributed by atoms with E-state index in [1.807, 2.05) is 0 Å². The van der Waals surface area contributed by atoms with Gasteiger partial charge in [0.2, 0.25) is 0 Å². The Bertz CT molecular complexity index is 852. The summed E-state index contributed by atoms with van der Waals surface area (Å²) in [5.41, 5.74) is 0.138. The lowest BCUT2D eigenvalue weighted by Gasteiger charge is -2.26. The zero-order valence-electron chi connectivity index (χ0n) is 12.8. The average Bonchev–Trinajstić information content (AvgIpc) is 2.53. The van der Waals surface area contributed by atoms with Crippen LogP contribution in [-0.4, -0.2) is 26.0 Å². The van der Waals surface area contributed by atoms with Gasteiger partial charge in [-0.1, -0.05) is 45.2 Å². The highest BCUT2D eigenvalue weighted by molar-refractivity contribution is 9.10. The number of para-hydroxylation sites is 1. The first kappa shape index (κ1) is 20.0. The van der Waals surface area contributed by atoms with Gasteiger partial charge in [0.1, 0.15) is 0 Å². The minimum atomic E-state index is -3.96. The molecular formula is C16H14BrCl2NO4S. The first-order chi connectivity index (χ1) is 11.7. The molecule has 2 rings (SSSR count). The van der Waals surface area contributed by atoms with Crippen molar-refractivity contribution in [1.82, 2.24) is 0 Å². The van der Waals surface area contributed by atoms with E-state index in [9.17, 15) is 13.2 Å². The Morgan fingerprint density at radius 1 is 1.08 bits per heavy atom. The fourth-order valence-electron chi connectivity index (χ4n) is 2.19. The molecule has 0 heterocycles. The van der Waals surface area contributed by atoms with E-state index in [2.05, 4.69) is 15.9 Å². The Labute approximate surface area is 164 Å². The first-order valence-electron chi connectivity index (χ1n) is 7.17. The number of hydrogen-bond donors (Lipinski definition) is 1. The van der Waals surface area contributed by atoms with Gasteiger partial charge >= 0.3 is 5.97 Å². The van der Waals surface area contributed by atoms with Crippen LogP contribution >= 0.6 is 39.1 Å². The van der Waals surface area contributed by atoms with E-state index in [1.54, 1.807) is 18.2 Å². The quantitative estimate of drug-likeness (QED) is 0.634. The maximum Gasteiger partial charge on any atom is 0.303 e. The summed E-state index contributed by atoms with van der Waals surface area (Å²) in [5.74, 6) is -1.01. The monoisotopic (exact) mass is 465 g/mol. The molecule has 0 aliphatic heterocycles. The number of carboxylic acid groups (broad SMARTS) is 1. The van der Waals surface area contributed by atoms with E-state index in [0.29, 0.717) is 0 Å². The Balaban J connectivity index is 2.50. The van der Waals surface area contributed by atoms with Crippen LogP contribution in [0.15, 0.2) is 51.8 Å². The van der Waals surface area contributed by atoms with Gasteiger partial charge in [-0.15, -0.1) is 0 Å². The summed E-state index contributed by atoms with van der Waals surface area (Å²) in [5, 5.41) is 9.17. The second-order valence-electron chi connectivity index (χ2n) is 5.10. The van der Waals surface area contributed by atoms with E-state index >= 15 is 0 Å². The Hall–Kier alpha value is -1.28. The van der Waals surface area contributed by atoms with Gasteiger partial charge in [0.05, 0.1) is 20.6 Å². The molecule has 0 amide bonds. The highest BCUT2D eigenvalue weighted by Gasteiger charge is 2.28. The zero-order valence-corrected chi connectivity index (χ0v) is 16.7. The van der Waals surface area contributed by atoms with E-state index < -0.39 is 16.0 Å². The highest BCUT2D eigenvalue weighted by atomic mass is 79.9. The van der Waals surface area contributed by atoms with Gasteiger partial charge in [0.15, 0.2) is 0 Å². The van der Waals surface area contributed by atoms with Crippen molar-refractivity contribution in [1.29, 1.82) is 0 Å². The van der Waals surface area contributed by atoms with E-state index in [0.717, 1.165) is 8.78 Å². The minimum Gasteiger partial charge on any atom is -0.481 e. The number of aliphatic carboxylic acids is 1. The lowest BCUT2D eigenvalue weighted by Crippen LogP contribution is -2.33. The number of anilines is 1. The molecule has 2 aromatic carbocycles. The van der Waals surface area contributed by atoms with Crippen molar-refractivity contribution in [2.75, 3.05) is 10.8 Å². The number of sulfonamides is 1. The lowest BCUT2D eigenvalue weighted by molar-refractivity contribution is -0.137. The molecule has 1 N–H and O–H groups in total. The maximum atomic E-state index is 13.1. The van der Waals surface area contributed by atoms with Crippen molar-refractivity contribution < 1.29 is 18.3 Å². The average molecular weight is 467 g/mol. The van der Waals surface area contributed by atoms with E-state index in [4.69, 9.17) is 28.3 Å². The van der Waals surface area contributed by atoms with E-state index in [-0.39, 0.29) is 40.0 Å². The summed E-state index contributed by atoms with van der Waals surface area (Å²) in [7, 11) is -3.96. The molecule has 9 heteroatoms. The molecule has 0 spiro atoms. The summed E-state index contributed by atoms with van der Waals surface area (Å²) in [6, 6.07) is 10.8. The molecule has 0 aliphatic carbocycles. The van der Waals surface area contributed by atoms with Gasteiger partial charge in [-0.05, 0) is 42.8 Å². The van der Waals surface area contributed by atoms with Crippen LogP contribution < -0.4 is 4.31 Å². The molecule has 5 nitrogen and oxygen atoms in total. The van der Waals surface area contributed by atoms with Crippen LogP contribution in [-0.2, 0) is 14.8 Å². The molecule has 134 valence electrons. The smallest absolute Gasteiger partial charge is 0.303 e. The number of carbonyl (C=O) groups is 1. The summed E-state index contributed by atoms with van der Waals surface area (Å²) in [4.78, 5) is 10.8. The Morgan fingerprint density at radius 2 is 1.64 bits per heavy atom. The molecular weight excluding hydrogens is 453 g/mol. The number of hydrogen-bond acceptors (Lipinski definition) is 3. The molecule has 0 fully saturated rings. The molecule has 0 bridgehead atoms. The van der Waals surface area contributed by atoms with Gasteiger partial charge < -0.3 is 5.11 Å². The largest absolute Gasteiger partial charge is 0.481 e. The molecule has 0 unspecified atom stereocenters. The number of rotatable bonds is 7. The Kier molecular flexibility index (Phi) is 6.73. The van der Waals surface area contributed by atoms with Crippen molar-refractivity contribution in [2.24, 2.45) is 0 Å². The van der Waals surface area contributed by atoms with Gasteiger partial charge in [0, 0.05) is 17.4 Å². The van der Waals surface area contributed by atoms with Crippen LogP contribution in [0, 0.1) is 0 Å². The van der Waals surface area contributed by atoms with Crippen molar-refractivity contribution in [2.45, 2.75) is 17.7 Å². The van der Waals surface area contributed by atoms with Crippen LogP contribution in [0.25, 0.3) is 0 Å². The fraction of sp³-hybridized carbons (Fsp3) is 0.188. The van der Waals surface area contributed by atoms with E-state index in [1.165, 1.54) is 24.3 Å². The third kappa shape index (κ3) is 4.88. The normalized spacial score (nSPS) is 11.3. The van der Waals surface area contributed by atoms with Gasteiger partial charge in [0.25, 0.3) is 10.0 Å². The van der Waals surface area contributed by atoms with Gasteiger partial charge in [-0.3, -0.25) is 9.10 Å². The number of benzene rings is 2. The van der Waals surface area contributed by atoms with Crippen LogP contribution in [0.2, 0.25) is 10.0 Å². The van der Waals surface area contributed by atoms with Gasteiger partial charge in [-0.2, -0.15) is 0 Å². The topological polar surface area (TPSA) is 74.7 Å². The second-order valence-corrected chi connectivity index (χ2v) is 8.69. The summed E-state index contributed by atoms with van der Waals surface area (Å²) < 4.78 is 27.9. The molecule has 0 atom stereocenters. The van der Waals surface area contributed by atoms with Crippen molar-refractivity contribution in [3.63, 3.8) is 0 Å². The van der Waals surface area contributed by atoms with Crippen molar-refractivity contribution >= 4 is 60.8 Å². The summed E-state index contributed by atoms with van der Waals surface area (Å²) in [6.45, 7) is -0.0614. The summed E-state index contributed by atoms with van der Waals surface area (Å²) >= 11 is 15.6. The van der Waals surface area contributed by atoms with Gasteiger partial charge in [-0.25, -0.2) is 8.42 Å². The number of carboxylic acids is 1. The first-order valence-corrected chi connectivity index (χ1v) is 10.2.